The molecule has 0 aromatic carbocycles. The van der Waals surface area contributed by atoms with Gasteiger partial charge < -0.3 is 15.5 Å². The van der Waals surface area contributed by atoms with Gasteiger partial charge in [-0.1, -0.05) is 0 Å². The molecule has 1 aromatic heterocycles. The van der Waals surface area contributed by atoms with Crippen LogP contribution in [0.5, 0.6) is 0 Å². The fraction of sp³-hybridized carbons (Fsp3) is 0.667. The number of fused-ring (bicyclic) bond motifs is 1. The third-order valence-electron chi connectivity index (χ3n) is 4.43. The lowest BCUT2D eigenvalue weighted by Gasteiger charge is -2.40. The highest BCUT2D eigenvalue weighted by atomic mass is 15.3. The lowest BCUT2D eigenvalue weighted by molar-refractivity contribution is 0.274. The van der Waals surface area contributed by atoms with Crippen molar-refractivity contribution in [2.24, 2.45) is 5.73 Å². The number of pyridine rings is 1. The van der Waals surface area contributed by atoms with E-state index < -0.39 is 0 Å². The van der Waals surface area contributed by atoms with E-state index in [0.717, 1.165) is 31.9 Å². The molecule has 0 spiro atoms. The molecular weight excluding hydrogens is 236 g/mol. The lowest BCUT2D eigenvalue weighted by atomic mass is 10.1. The first-order chi connectivity index (χ1) is 9.19. The van der Waals surface area contributed by atoms with Crippen molar-refractivity contribution in [2.75, 3.05) is 31.6 Å². The number of anilines is 1. The van der Waals surface area contributed by atoms with Gasteiger partial charge in [-0.25, -0.2) is 4.98 Å². The van der Waals surface area contributed by atoms with E-state index in [1.807, 2.05) is 0 Å². The molecule has 104 valence electrons. The first kappa shape index (κ1) is 12.9. The molecule has 0 saturated carbocycles. The lowest BCUT2D eigenvalue weighted by Crippen LogP contribution is -2.51. The molecule has 2 aliphatic rings. The van der Waals surface area contributed by atoms with E-state index in [0.29, 0.717) is 12.6 Å². The fourth-order valence-electron chi connectivity index (χ4n) is 3.36. The van der Waals surface area contributed by atoms with Crippen LogP contribution in [0.2, 0.25) is 0 Å². The van der Waals surface area contributed by atoms with Crippen molar-refractivity contribution >= 4 is 5.82 Å². The molecular formula is C15H24N4. The third-order valence-corrected chi connectivity index (χ3v) is 4.43. The van der Waals surface area contributed by atoms with Gasteiger partial charge in [-0.15, -0.1) is 0 Å². The minimum atomic E-state index is 0.510. The van der Waals surface area contributed by atoms with E-state index in [1.165, 1.54) is 29.7 Å². The van der Waals surface area contributed by atoms with E-state index in [4.69, 9.17) is 10.7 Å². The molecule has 4 nitrogen and oxygen atoms in total. The summed E-state index contributed by atoms with van der Waals surface area (Å²) in [6, 6.07) is 2.81. The summed E-state index contributed by atoms with van der Waals surface area (Å²) < 4.78 is 0. The molecule has 1 aliphatic heterocycles. The van der Waals surface area contributed by atoms with Crippen LogP contribution in [0.1, 0.15) is 30.2 Å². The van der Waals surface area contributed by atoms with Crippen LogP contribution in [0.4, 0.5) is 5.82 Å². The Morgan fingerprint density at radius 3 is 2.95 bits per heavy atom. The fourth-order valence-corrected chi connectivity index (χ4v) is 3.36. The summed E-state index contributed by atoms with van der Waals surface area (Å²) in [4.78, 5) is 9.78. The van der Waals surface area contributed by atoms with Crippen LogP contribution in [0.15, 0.2) is 6.07 Å². The van der Waals surface area contributed by atoms with E-state index in [2.05, 4.69) is 29.8 Å². The Kier molecular flexibility index (Phi) is 3.46. The molecule has 19 heavy (non-hydrogen) atoms. The second kappa shape index (κ2) is 5.10. The number of nitrogens with zero attached hydrogens (tertiary/aromatic N) is 3. The standard InChI is InChI=1S/C15H24N4/c1-11-10-18(2)6-7-19(11)15-13(9-16)8-12-4-3-5-14(12)17-15/h8,11H,3-7,9-10,16H2,1-2H3. The quantitative estimate of drug-likeness (QED) is 0.867. The number of hydrogen-bond acceptors (Lipinski definition) is 4. The van der Waals surface area contributed by atoms with Gasteiger partial charge in [0.25, 0.3) is 0 Å². The summed E-state index contributed by atoms with van der Waals surface area (Å²) in [7, 11) is 2.19. The zero-order valence-corrected chi connectivity index (χ0v) is 12.0. The number of nitrogens with two attached hydrogens (primary N) is 1. The van der Waals surface area contributed by atoms with Gasteiger partial charge in [-0.2, -0.15) is 0 Å². The molecule has 2 N–H and O–H groups in total. The van der Waals surface area contributed by atoms with Crippen LogP contribution in [0.3, 0.4) is 0 Å². The predicted octanol–water partition coefficient (Wildman–Crippen LogP) is 1.17. The van der Waals surface area contributed by atoms with Gasteiger partial charge in [-0.05, 0) is 44.9 Å². The zero-order valence-electron chi connectivity index (χ0n) is 12.0. The van der Waals surface area contributed by atoms with Crippen molar-refractivity contribution in [3.05, 3.63) is 22.9 Å². The number of aryl methyl sites for hydroxylation is 2. The minimum absolute atomic E-state index is 0.510. The molecule has 2 heterocycles. The molecule has 1 fully saturated rings. The molecule has 0 radical (unpaired) electrons. The highest BCUT2D eigenvalue weighted by Crippen LogP contribution is 2.29. The Balaban J connectivity index is 1.95. The smallest absolute Gasteiger partial charge is 0.133 e. The van der Waals surface area contributed by atoms with Gasteiger partial charge in [0.1, 0.15) is 5.82 Å². The largest absolute Gasteiger partial charge is 0.351 e. The molecule has 1 aromatic rings. The summed E-state index contributed by atoms with van der Waals surface area (Å²) in [5.74, 6) is 1.14. The zero-order chi connectivity index (χ0) is 13.4. The van der Waals surface area contributed by atoms with E-state index in [1.54, 1.807) is 0 Å². The van der Waals surface area contributed by atoms with Crippen LogP contribution in [-0.4, -0.2) is 42.6 Å². The van der Waals surface area contributed by atoms with Crippen LogP contribution in [-0.2, 0) is 19.4 Å². The van der Waals surface area contributed by atoms with Gasteiger partial charge in [0.2, 0.25) is 0 Å². The summed E-state index contributed by atoms with van der Waals surface area (Å²) in [6.45, 7) is 6.13. The maximum atomic E-state index is 5.95. The van der Waals surface area contributed by atoms with Gasteiger partial charge in [-0.3, -0.25) is 0 Å². The van der Waals surface area contributed by atoms with E-state index in [-0.39, 0.29) is 0 Å². The topological polar surface area (TPSA) is 45.4 Å². The van der Waals surface area contributed by atoms with Crippen molar-refractivity contribution in [1.82, 2.24) is 9.88 Å². The Morgan fingerprint density at radius 1 is 1.37 bits per heavy atom. The Labute approximate surface area is 115 Å². The summed E-state index contributed by atoms with van der Waals surface area (Å²) in [5.41, 5.74) is 9.89. The second-order valence-corrected chi connectivity index (χ2v) is 5.94. The molecule has 3 rings (SSSR count). The Morgan fingerprint density at radius 2 is 2.21 bits per heavy atom. The monoisotopic (exact) mass is 260 g/mol. The molecule has 1 atom stereocenters. The summed E-state index contributed by atoms with van der Waals surface area (Å²) in [6.07, 6.45) is 3.55. The second-order valence-electron chi connectivity index (χ2n) is 5.94. The third kappa shape index (κ3) is 2.35. The van der Waals surface area contributed by atoms with Crippen LogP contribution < -0.4 is 10.6 Å². The molecule has 1 unspecified atom stereocenters. The number of piperazine rings is 1. The number of aromatic nitrogens is 1. The molecule has 0 amide bonds. The average Bonchev–Trinajstić information content (AvgIpc) is 2.84. The van der Waals surface area contributed by atoms with Gasteiger partial charge in [0.05, 0.1) is 0 Å². The van der Waals surface area contributed by atoms with Crippen LogP contribution >= 0.6 is 0 Å². The maximum absolute atomic E-state index is 5.95. The first-order valence-electron chi connectivity index (χ1n) is 7.36. The van der Waals surface area contributed by atoms with Crippen molar-refractivity contribution in [3.8, 4) is 0 Å². The van der Waals surface area contributed by atoms with Crippen LogP contribution in [0, 0.1) is 0 Å². The van der Waals surface area contributed by atoms with Gasteiger partial charge >= 0.3 is 0 Å². The molecule has 1 aliphatic carbocycles. The van der Waals surface area contributed by atoms with Crippen molar-refractivity contribution < 1.29 is 0 Å². The van der Waals surface area contributed by atoms with Gasteiger partial charge in [0.15, 0.2) is 0 Å². The van der Waals surface area contributed by atoms with E-state index in [9.17, 15) is 0 Å². The molecule has 4 heteroatoms. The SMILES string of the molecule is CC1CN(C)CCN1c1nc2c(cc1CN)CCC2. The van der Waals surface area contributed by atoms with Crippen molar-refractivity contribution in [2.45, 2.75) is 38.8 Å². The average molecular weight is 260 g/mol. The Hall–Kier alpha value is -1.13. The number of likely N-dealkylation sites (N-methyl/N-ethyl adjacent to an activating group) is 1. The maximum Gasteiger partial charge on any atom is 0.133 e. The Bertz CT molecular complexity index is 471. The highest BCUT2D eigenvalue weighted by Gasteiger charge is 2.26. The predicted molar refractivity (Wildman–Crippen MR) is 78.5 cm³/mol. The molecule has 0 bridgehead atoms. The summed E-state index contributed by atoms with van der Waals surface area (Å²) in [5, 5.41) is 0. The van der Waals surface area contributed by atoms with Gasteiger partial charge in [0, 0.05) is 43.5 Å². The van der Waals surface area contributed by atoms with E-state index >= 15 is 0 Å². The number of rotatable bonds is 2. The molecule has 1 saturated heterocycles. The van der Waals surface area contributed by atoms with Crippen molar-refractivity contribution in [3.63, 3.8) is 0 Å². The minimum Gasteiger partial charge on any atom is -0.351 e. The normalized spacial score (nSPS) is 23.7. The first-order valence-corrected chi connectivity index (χ1v) is 7.36. The number of hydrogen-bond donors (Lipinski definition) is 1. The summed E-state index contributed by atoms with van der Waals surface area (Å²) >= 11 is 0. The highest BCUT2D eigenvalue weighted by molar-refractivity contribution is 5.52. The van der Waals surface area contributed by atoms with Crippen LogP contribution in [0.25, 0.3) is 0 Å². The van der Waals surface area contributed by atoms with Crippen molar-refractivity contribution in [1.29, 1.82) is 0 Å².